The predicted molar refractivity (Wildman–Crippen MR) is 69.5 cm³/mol. The molecule has 0 aliphatic rings. The maximum atomic E-state index is 11.5. The molecule has 94 valence electrons. The number of nitrogens with one attached hydrogen (secondary N) is 1. The smallest absolute Gasteiger partial charge is 0.303 e. The molecule has 0 spiro atoms. The van der Waals surface area contributed by atoms with Gasteiger partial charge in [0, 0.05) is 12.5 Å². The van der Waals surface area contributed by atoms with Crippen molar-refractivity contribution in [2.75, 3.05) is 5.75 Å². The summed E-state index contributed by atoms with van der Waals surface area (Å²) in [5.41, 5.74) is 0. The zero-order chi connectivity index (χ0) is 12.7. The molecule has 0 bridgehead atoms. The summed E-state index contributed by atoms with van der Waals surface area (Å²) >= 11 is 3.09. The maximum Gasteiger partial charge on any atom is 0.303 e. The summed E-state index contributed by atoms with van der Waals surface area (Å²) in [6, 6.07) is 3.82. The summed E-state index contributed by atoms with van der Waals surface area (Å²) in [5.74, 6) is -0.516. The third-order valence-corrected chi connectivity index (χ3v) is 4.17. The first kappa shape index (κ1) is 14.1. The van der Waals surface area contributed by atoms with Crippen molar-refractivity contribution in [1.29, 1.82) is 0 Å². The summed E-state index contributed by atoms with van der Waals surface area (Å²) in [6.07, 6.45) is 0.546. The Morgan fingerprint density at radius 3 is 2.94 bits per heavy atom. The summed E-state index contributed by atoms with van der Waals surface area (Å²) < 4.78 is 1.11. The van der Waals surface area contributed by atoms with E-state index in [-0.39, 0.29) is 18.4 Å². The average molecular weight is 273 g/mol. The highest BCUT2D eigenvalue weighted by Crippen LogP contribution is 2.22. The Kier molecular flexibility index (Phi) is 6.07. The van der Waals surface area contributed by atoms with E-state index in [1.165, 1.54) is 11.8 Å². The second kappa shape index (κ2) is 7.34. The number of aliphatic carboxylic acids is 1. The molecular weight excluding hydrogens is 258 g/mol. The topological polar surface area (TPSA) is 66.4 Å². The van der Waals surface area contributed by atoms with Gasteiger partial charge in [-0.15, -0.1) is 23.1 Å². The molecule has 0 aliphatic carbocycles. The third-order valence-electron chi connectivity index (χ3n) is 2.04. The lowest BCUT2D eigenvalue weighted by atomic mass is 10.2. The Hall–Kier alpha value is -1.01. The van der Waals surface area contributed by atoms with Gasteiger partial charge in [0.05, 0.1) is 9.96 Å². The Bertz CT molecular complexity index is 365. The van der Waals surface area contributed by atoms with E-state index in [0.29, 0.717) is 12.2 Å². The van der Waals surface area contributed by atoms with Gasteiger partial charge in [0.2, 0.25) is 5.91 Å². The standard InChI is InChI=1S/C11H15NO3S2/c1-8(4-5-10(14)15)12-9(13)7-17-11-3-2-6-16-11/h2-3,6,8H,4-5,7H2,1H3,(H,12,13)(H,14,15). The molecule has 6 heteroatoms. The van der Waals surface area contributed by atoms with Crippen molar-refractivity contribution >= 4 is 35.0 Å². The van der Waals surface area contributed by atoms with Crippen LogP contribution >= 0.6 is 23.1 Å². The SMILES string of the molecule is CC(CCC(=O)O)NC(=O)CSc1cccs1. The molecule has 0 aromatic carbocycles. The minimum absolute atomic E-state index is 0.0544. The van der Waals surface area contributed by atoms with Crippen molar-refractivity contribution in [3.05, 3.63) is 17.5 Å². The molecule has 0 aliphatic heterocycles. The Morgan fingerprint density at radius 2 is 2.35 bits per heavy atom. The molecule has 1 amide bonds. The van der Waals surface area contributed by atoms with Crippen LogP contribution in [0.1, 0.15) is 19.8 Å². The van der Waals surface area contributed by atoms with Gasteiger partial charge in [-0.3, -0.25) is 9.59 Å². The van der Waals surface area contributed by atoms with Crippen LogP contribution in [-0.2, 0) is 9.59 Å². The van der Waals surface area contributed by atoms with Gasteiger partial charge in [0.1, 0.15) is 0 Å². The van der Waals surface area contributed by atoms with Gasteiger partial charge in [0.15, 0.2) is 0 Å². The van der Waals surface area contributed by atoms with Crippen LogP contribution in [0.15, 0.2) is 21.7 Å². The first-order valence-corrected chi connectivity index (χ1v) is 7.12. The number of thiophene rings is 1. The van der Waals surface area contributed by atoms with Gasteiger partial charge in [-0.1, -0.05) is 6.07 Å². The summed E-state index contributed by atoms with van der Waals surface area (Å²) in [5, 5.41) is 13.3. The zero-order valence-electron chi connectivity index (χ0n) is 9.51. The zero-order valence-corrected chi connectivity index (χ0v) is 11.1. The van der Waals surface area contributed by atoms with Crippen LogP contribution in [0, 0.1) is 0 Å². The van der Waals surface area contributed by atoms with Gasteiger partial charge in [-0.05, 0) is 24.8 Å². The van der Waals surface area contributed by atoms with Gasteiger partial charge < -0.3 is 10.4 Å². The highest BCUT2D eigenvalue weighted by atomic mass is 32.2. The van der Waals surface area contributed by atoms with Crippen molar-refractivity contribution in [1.82, 2.24) is 5.32 Å². The van der Waals surface area contributed by atoms with E-state index in [2.05, 4.69) is 5.32 Å². The van der Waals surface area contributed by atoms with E-state index >= 15 is 0 Å². The van der Waals surface area contributed by atoms with Crippen molar-refractivity contribution < 1.29 is 14.7 Å². The molecule has 1 atom stereocenters. The maximum absolute atomic E-state index is 11.5. The average Bonchev–Trinajstić information content (AvgIpc) is 2.76. The normalized spacial score (nSPS) is 12.1. The molecular formula is C11H15NO3S2. The first-order valence-electron chi connectivity index (χ1n) is 5.25. The number of carboxylic acid groups (broad SMARTS) is 1. The molecule has 0 saturated heterocycles. The van der Waals surface area contributed by atoms with Crippen LogP contribution in [0.2, 0.25) is 0 Å². The number of thioether (sulfide) groups is 1. The summed E-state index contributed by atoms with van der Waals surface area (Å²) in [4.78, 5) is 21.9. The highest BCUT2D eigenvalue weighted by Gasteiger charge is 2.09. The molecule has 1 aromatic rings. The molecule has 1 unspecified atom stereocenters. The number of carbonyl (C=O) groups excluding carboxylic acids is 1. The van der Waals surface area contributed by atoms with Crippen molar-refractivity contribution in [2.24, 2.45) is 0 Å². The number of amides is 1. The van der Waals surface area contributed by atoms with Crippen molar-refractivity contribution in [2.45, 2.75) is 30.0 Å². The molecule has 0 radical (unpaired) electrons. The van der Waals surface area contributed by atoms with E-state index in [9.17, 15) is 9.59 Å². The third kappa shape index (κ3) is 6.33. The fourth-order valence-electron chi connectivity index (χ4n) is 1.21. The van der Waals surface area contributed by atoms with Crippen molar-refractivity contribution in [3.63, 3.8) is 0 Å². The number of hydrogen-bond donors (Lipinski definition) is 2. The van der Waals surface area contributed by atoms with Crippen LogP contribution in [0.3, 0.4) is 0 Å². The summed E-state index contributed by atoms with van der Waals surface area (Å²) in [7, 11) is 0. The monoisotopic (exact) mass is 273 g/mol. The fourth-order valence-corrected chi connectivity index (χ4v) is 2.81. The van der Waals surface area contributed by atoms with E-state index in [0.717, 1.165) is 4.21 Å². The van der Waals surface area contributed by atoms with Crippen LogP contribution in [0.4, 0.5) is 0 Å². The number of carbonyl (C=O) groups is 2. The minimum atomic E-state index is -0.834. The van der Waals surface area contributed by atoms with Gasteiger partial charge in [-0.2, -0.15) is 0 Å². The molecule has 2 N–H and O–H groups in total. The number of hydrogen-bond acceptors (Lipinski definition) is 4. The van der Waals surface area contributed by atoms with Crippen LogP contribution in [-0.4, -0.2) is 28.8 Å². The molecule has 4 nitrogen and oxygen atoms in total. The van der Waals surface area contributed by atoms with Crippen LogP contribution in [0.25, 0.3) is 0 Å². The molecule has 1 heterocycles. The van der Waals surface area contributed by atoms with Gasteiger partial charge >= 0.3 is 5.97 Å². The first-order chi connectivity index (χ1) is 8.08. The van der Waals surface area contributed by atoms with E-state index in [4.69, 9.17) is 5.11 Å². The Morgan fingerprint density at radius 1 is 1.59 bits per heavy atom. The molecule has 1 rings (SSSR count). The Labute approximate surface area is 108 Å². The summed E-state index contributed by atoms with van der Waals surface area (Å²) in [6.45, 7) is 1.82. The second-order valence-corrected chi connectivity index (χ2v) is 5.85. The van der Waals surface area contributed by atoms with E-state index in [1.807, 2.05) is 24.4 Å². The fraction of sp³-hybridized carbons (Fsp3) is 0.455. The predicted octanol–water partition coefficient (Wildman–Crippen LogP) is 2.21. The molecule has 0 fully saturated rings. The lowest BCUT2D eigenvalue weighted by molar-refractivity contribution is -0.137. The largest absolute Gasteiger partial charge is 0.481 e. The van der Waals surface area contributed by atoms with E-state index in [1.54, 1.807) is 11.3 Å². The quantitative estimate of drug-likeness (QED) is 0.748. The second-order valence-electron chi connectivity index (χ2n) is 3.62. The van der Waals surface area contributed by atoms with E-state index < -0.39 is 5.97 Å². The number of carboxylic acids is 1. The van der Waals surface area contributed by atoms with Crippen LogP contribution < -0.4 is 5.32 Å². The molecule has 0 saturated carbocycles. The van der Waals surface area contributed by atoms with Crippen molar-refractivity contribution in [3.8, 4) is 0 Å². The Balaban J connectivity index is 2.18. The van der Waals surface area contributed by atoms with Crippen LogP contribution in [0.5, 0.6) is 0 Å². The molecule has 17 heavy (non-hydrogen) atoms. The highest BCUT2D eigenvalue weighted by molar-refractivity contribution is 8.01. The lowest BCUT2D eigenvalue weighted by Gasteiger charge is -2.12. The van der Waals surface area contributed by atoms with Gasteiger partial charge in [-0.25, -0.2) is 0 Å². The number of rotatable bonds is 7. The lowest BCUT2D eigenvalue weighted by Crippen LogP contribution is -2.34. The molecule has 1 aromatic heterocycles. The van der Waals surface area contributed by atoms with Gasteiger partial charge in [0.25, 0.3) is 0 Å². The minimum Gasteiger partial charge on any atom is -0.481 e.